The Morgan fingerprint density at radius 3 is 2.71 bits per heavy atom. The van der Waals surface area contributed by atoms with E-state index in [1.807, 2.05) is 0 Å². The van der Waals surface area contributed by atoms with E-state index in [1.54, 1.807) is 13.0 Å². The maximum absolute atomic E-state index is 10.5. The molecule has 0 amide bonds. The minimum atomic E-state index is -0.838. The van der Waals surface area contributed by atoms with Crippen molar-refractivity contribution in [1.82, 2.24) is 10.2 Å². The van der Waals surface area contributed by atoms with Crippen molar-refractivity contribution in [3.8, 4) is 0 Å². The van der Waals surface area contributed by atoms with Crippen molar-refractivity contribution in [3.63, 3.8) is 0 Å². The monoisotopic (exact) mass is 240 g/mol. The van der Waals surface area contributed by atoms with Crippen molar-refractivity contribution < 1.29 is 9.90 Å². The van der Waals surface area contributed by atoms with Crippen LogP contribution in [0.5, 0.6) is 0 Å². The van der Waals surface area contributed by atoms with E-state index < -0.39 is 5.97 Å². The molecule has 0 radical (unpaired) electrons. The summed E-state index contributed by atoms with van der Waals surface area (Å²) in [6.45, 7) is 4.20. The van der Waals surface area contributed by atoms with Crippen LogP contribution < -0.4 is 5.32 Å². The summed E-state index contributed by atoms with van der Waals surface area (Å²) in [5.41, 5.74) is 0.404. The maximum atomic E-state index is 10.5. The summed E-state index contributed by atoms with van der Waals surface area (Å²) in [7, 11) is 2.18. The Morgan fingerprint density at radius 2 is 2.12 bits per heavy atom. The normalized spacial score (nSPS) is 17.9. The third kappa shape index (κ3) is 5.33. The molecular weight excluding hydrogens is 216 g/mol. The van der Waals surface area contributed by atoms with E-state index in [9.17, 15) is 4.79 Å². The quantitative estimate of drug-likeness (QED) is 0.523. The van der Waals surface area contributed by atoms with Gasteiger partial charge in [0.1, 0.15) is 0 Å². The van der Waals surface area contributed by atoms with Crippen LogP contribution in [0.25, 0.3) is 0 Å². The van der Waals surface area contributed by atoms with Gasteiger partial charge in [0.2, 0.25) is 0 Å². The Bertz CT molecular complexity index is 271. The van der Waals surface area contributed by atoms with Gasteiger partial charge in [-0.05, 0) is 26.8 Å². The predicted molar refractivity (Wildman–Crippen MR) is 69.1 cm³/mol. The van der Waals surface area contributed by atoms with E-state index >= 15 is 0 Å². The molecule has 0 aromatic heterocycles. The molecule has 0 spiro atoms. The third-order valence-corrected chi connectivity index (χ3v) is 3.48. The van der Waals surface area contributed by atoms with E-state index in [0.717, 1.165) is 19.1 Å². The molecule has 0 aromatic rings. The second-order valence-electron chi connectivity index (χ2n) is 4.82. The van der Waals surface area contributed by atoms with Crippen LogP contribution in [0, 0.1) is 0 Å². The van der Waals surface area contributed by atoms with Gasteiger partial charge in [0.15, 0.2) is 0 Å². The second kappa shape index (κ2) is 7.45. The molecule has 0 saturated heterocycles. The van der Waals surface area contributed by atoms with Crippen LogP contribution in [0.2, 0.25) is 0 Å². The Balaban J connectivity index is 2.07. The summed E-state index contributed by atoms with van der Waals surface area (Å²) < 4.78 is 0. The van der Waals surface area contributed by atoms with Crippen molar-refractivity contribution in [3.05, 3.63) is 11.6 Å². The molecule has 4 heteroatoms. The van der Waals surface area contributed by atoms with Crippen molar-refractivity contribution >= 4 is 5.97 Å². The fraction of sp³-hybridized carbons (Fsp3) is 0.769. The zero-order valence-corrected chi connectivity index (χ0v) is 10.9. The van der Waals surface area contributed by atoms with Gasteiger partial charge in [0.05, 0.1) is 0 Å². The Labute approximate surface area is 104 Å². The number of rotatable bonds is 7. The molecule has 0 heterocycles. The lowest BCUT2D eigenvalue weighted by molar-refractivity contribution is -0.132. The molecule has 0 aliphatic heterocycles. The van der Waals surface area contributed by atoms with Crippen molar-refractivity contribution in [1.29, 1.82) is 0 Å². The lowest BCUT2D eigenvalue weighted by Crippen LogP contribution is -2.35. The molecule has 4 nitrogen and oxygen atoms in total. The zero-order valence-electron chi connectivity index (χ0n) is 10.9. The number of likely N-dealkylation sites (N-methyl/N-ethyl adjacent to an activating group) is 1. The highest BCUT2D eigenvalue weighted by Crippen LogP contribution is 2.21. The topological polar surface area (TPSA) is 52.6 Å². The summed E-state index contributed by atoms with van der Waals surface area (Å²) in [5.74, 6) is -0.838. The van der Waals surface area contributed by atoms with Crippen LogP contribution in [0.1, 0.15) is 32.6 Å². The van der Waals surface area contributed by atoms with E-state index in [0.29, 0.717) is 12.1 Å². The van der Waals surface area contributed by atoms with Crippen LogP contribution in [-0.4, -0.2) is 48.7 Å². The number of carbonyl (C=O) groups is 1. The molecule has 0 aromatic carbocycles. The highest BCUT2D eigenvalue weighted by Gasteiger charge is 2.18. The molecule has 2 N–H and O–H groups in total. The van der Waals surface area contributed by atoms with Gasteiger partial charge in [0.25, 0.3) is 0 Å². The fourth-order valence-electron chi connectivity index (χ4n) is 2.20. The fourth-order valence-corrected chi connectivity index (χ4v) is 2.20. The number of hydrogen-bond acceptors (Lipinski definition) is 3. The first-order valence-electron chi connectivity index (χ1n) is 6.42. The lowest BCUT2D eigenvalue weighted by Gasteiger charge is -2.23. The minimum absolute atomic E-state index is 0.404. The molecule has 1 saturated carbocycles. The first-order chi connectivity index (χ1) is 8.11. The summed E-state index contributed by atoms with van der Waals surface area (Å²) in [5, 5.41) is 11.9. The van der Waals surface area contributed by atoms with Gasteiger partial charge in [-0.3, -0.25) is 0 Å². The highest BCUT2D eigenvalue weighted by atomic mass is 16.4. The van der Waals surface area contributed by atoms with Crippen molar-refractivity contribution in [2.45, 2.75) is 38.6 Å². The van der Waals surface area contributed by atoms with E-state index in [4.69, 9.17) is 5.11 Å². The van der Waals surface area contributed by atoms with Gasteiger partial charge in [-0.1, -0.05) is 18.9 Å². The van der Waals surface area contributed by atoms with Crippen LogP contribution in [0.3, 0.4) is 0 Å². The zero-order chi connectivity index (χ0) is 12.7. The van der Waals surface area contributed by atoms with Gasteiger partial charge in [0, 0.05) is 31.2 Å². The maximum Gasteiger partial charge on any atom is 0.330 e. The lowest BCUT2D eigenvalue weighted by atomic mass is 10.2. The molecule has 0 bridgehead atoms. The molecule has 1 rings (SSSR count). The van der Waals surface area contributed by atoms with E-state index in [2.05, 4.69) is 17.3 Å². The average Bonchev–Trinajstić information content (AvgIpc) is 2.81. The first kappa shape index (κ1) is 14.2. The van der Waals surface area contributed by atoms with E-state index in [1.165, 1.54) is 25.7 Å². The van der Waals surface area contributed by atoms with E-state index in [-0.39, 0.29) is 0 Å². The molecule has 17 heavy (non-hydrogen) atoms. The van der Waals surface area contributed by atoms with Crippen molar-refractivity contribution in [2.24, 2.45) is 0 Å². The van der Waals surface area contributed by atoms with Gasteiger partial charge in [-0.25, -0.2) is 4.79 Å². The van der Waals surface area contributed by atoms with Gasteiger partial charge in [-0.15, -0.1) is 0 Å². The summed E-state index contributed by atoms with van der Waals surface area (Å²) >= 11 is 0. The number of carboxylic acid groups (broad SMARTS) is 1. The van der Waals surface area contributed by atoms with Gasteiger partial charge >= 0.3 is 5.97 Å². The smallest absolute Gasteiger partial charge is 0.330 e. The van der Waals surface area contributed by atoms with Crippen molar-refractivity contribution in [2.75, 3.05) is 26.7 Å². The van der Waals surface area contributed by atoms with Crippen LogP contribution in [0.15, 0.2) is 11.6 Å². The highest BCUT2D eigenvalue weighted by molar-refractivity contribution is 5.85. The number of aliphatic carboxylic acids is 1. The van der Waals surface area contributed by atoms with Crippen LogP contribution in [0.4, 0.5) is 0 Å². The van der Waals surface area contributed by atoms with Crippen LogP contribution >= 0.6 is 0 Å². The summed E-state index contributed by atoms with van der Waals surface area (Å²) in [6, 6.07) is 0.757. The second-order valence-corrected chi connectivity index (χ2v) is 4.82. The molecule has 1 aliphatic carbocycles. The first-order valence-corrected chi connectivity index (χ1v) is 6.42. The third-order valence-electron chi connectivity index (χ3n) is 3.48. The van der Waals surface area contributed by atoms with Gasteiger partial charge in [-0.2, -0.15) is 0 Å². The summed E-state index contributed by atoms with van der Waals surface area (Å²) in [6.07, 6.45) is 7.10. The predicted octanol–water partition coefficient (Wildman–Crippen LogP) is 1.48. The summed E-state index contributed by atoms with van der Waals surface area (Å²) in [4.78, 5) is 13.0. The van der Waals surface area contributed by atoms with Gasteiger partial charge < -0.3 is 15.3 Å². The Morgan fingerprint density at radius 1 is 1.47 bits per heavy atom. The number of nitrogens with one attached hydrogen (secondary N) is 1. The number of nitrogens with zero attached hydrogens (tertiary/aromatic N) is 1. The minimum Gasteiger partial charge on any atom is -0.478 e. The Kier molecular flexibility index (Phi) is 6.22. The number of carboxylic acids is 1. The number of hydrogen-bond donors (Lipinski definition) is 2. The molecular formula is C13H24N2O2. The molecule has 98 valence electrons. The average molecular weight is 240 g/mol. The Hall–Kier alpha value is -0.870. The standard InChI is InChI=1S/C13H24N2O2/c1-11(13(16)17)7-8-14-9-10-15(2)12-5-3-4-6-12/h7,12,14H,3-6,8-10H2,1-2H3,(H,16,17)/b11-7-. The van der Waals surface area contributed by atoms with Crippen LogP contribution in [-0.2, 0) is 4.79 Å². The SMILES string of the molecule is C/C(=C/CNCCN(C)C1CCCC1)C(=O)O. The molecule has 1 aliphatic rings. The largest absolute Gasteiger partial charge is 0.478 e. The molecule has 0 atom stereocenters. The molecule has 0 unspecified atom stereocenters. The molecule has 1 fully saturated rings.